The van der Waals surface area contributed by atoms with E-state index in [2.05, 4.69) is 14.8 Å². The molecule has 32 heavy (non-hydrogen) atoms. The van der Waals surface area contributed by atoms with Gasteiger partial charge in [-0.3, -0.25) is 0 Å². The molecule has 2 fully saturated rings. The lowest BCUT2D eigenvalue weighted by Gasteiger charge is -2.35. The molecule has 2 aromatic carbocycles. The molecule has 3 aromatic rings. The molecule has 0 radical (unpaired) electrons. The standard InChI is InChI=1S/C23H27N5O3S/c1-18-16-22(26-12-14-31-15-13-26)25-23(24-18)27-8-10-28(11-9-27)32(29,30)21-7-6-19-4-2-3-5-20(19)17-21/h2-7,16-17H,8-15H2,1H3. The Labute approximate surface area is 188 Å². The zero-order valence-corrected chi connectivity index (χ0v) is 19.0. The van der Waals surface area contributed by atoms with E-state index < -0.39 is 10.0 Å². The second-order valence-corrected chi connectivity index (χ2v) is 10.1. The number of morpholine rings is 1. The number of anilines is 2. The first kappa shape index (κ1) is 21.1. The first-order valence-electron chi connectivity index (χ1n) is 10.9. The van der Waals surface area contributed by atoms with Gasteiger partial charge < -0.3 is 14.5 Å². The van der Waals surface area contributed by atoms with Crippen LogP contribution < -0.4 is 9.80 Å². The number of sulfonamides is 1. The number of aromatic nitrogens is 2. The Bertz CT molecular complexity index is 1220. The highest BCUT2D eigenvalue weighted by Gasteiger charge is 2.30. The highest BCUT2D eigenvalue weighted by Crippen LogP contribution is 2.24. The summed E-state index contributed by atoms with van der Waals surface area (Å²) in [5.74, 6) is 1.57. The van der Waals surface area contributed by atoms with Crippen LogP contribution >= 0.6 is 0 Å². The van der Waals surface area contributed by atoms with E-state index >= 15 is 0 Å². The number of hydrogen-bond acceptors (Lipinski definition) is 7. The van der Waals surface area contributed by atoms with Crippen molar-refractivity contribution in [1.82, 2.24) is 14.3 Å². The number of aryl methyl sites for hydroxylation is 1. The average Bonchev–Trinajstić information content (AvgIpc) is 2.84. The summed E-state index contributed by atoms with van der Waals surface area (Å²) in [4.78, 5) is 14.0. The van der Waals surface area contributed by atoms with Crippen LogP contribution in [-0.2, 0) is 14.8 Å². The van der Waals surface area contributed by atoms with Crippen molar-refractivity contribution >= 4 is 32.6 Å². The highest BCUT2D eigenvalue weighted by atomic mass is 32.2. The number of piperazine rings is 1. The predicted molar refractivity (Wildman–Crippen MR) is 125 cm³/mol. The molecule has 0 saturated carbocycles. The lowest BCUT2D eigenvalue weighted by atomic mass is 10.1. The number of ether oxygens (including phenoxy) is 1. The molecule has 8 nitrogen and oxygen atoms in total. The minimum absolute atomic E-state index is 0.339. The van der Waals surface area contributed by atoms with Gasteiger partial charge in [0.1, 0.15) is 5.82 Å². The Balaban J connectivity index is 1.31. The zero-order valence-electron chi connectivity index (χ0n) is 18.1. The van der Waals surface area contributed by atoms with Crippen molar-refractivity contribution in [2.45, 2.75) is 11.8 Å². The first-order valence-corrected chi connectivity index (χ1v) is 12.4. The number of nitrogens with zero attached hydrogens (tertiary/aromatic N) is 5. The van der Waals surface area contributed by atoms with Crippen LogP contribution in [0.4, 0.5) is 11.8 Å². The fourth-order valence-electron chi connectivity index (χ4n) is 4.24. The van der Waals surface area contributed by atoms with Crippen molar-refractivity contribution in [2.24, 2.45) is 0 Å². The Hall–Kier alpha value is -2.75. The van der Waals surface area contributed by atoms with Gasteiger partial charge in [-0.25, -0.2) is 13.4 Å². The van der Waals surface area contributed by atoms with E-state index in [0.717, 1.165) is 35.4 Å². The summed E-state index contributed by atoms with van der Waals surface area (Å²) in [6.45, 7) is 6.90. The van der Waals surface area contributed by atoms with Crippen molar-refractivity contribution in [2.75, 3.05) is 62.3 Å². The molecule has 0 N–H and O–H groups in total. The third kappa shape index (κ3) is 4.15. The number of rotatable bonds is 4. The van der Waals surface area contributed by atoms with Crippen molar-refractivity contribution in [3.05, 3.63) is 54.2 Å². The maximum atomic E-state index is 13.2. The van der Waals surface area contributed by atoms with Crippen LogP contribution in [0, 0.1) is 6.92 Å². The fraction of sp³-hybridized carbons (Fsp3) is 0.391. The largest absolute Gasteiger partial charge is 0.378 e. The minimum Gasteiger partial charge on any atom is -0.378 e. The summed E-state index contributed by atoms with van der Waals surface area (Å²) in [6.07, 6.45) is 0. The molecule has 0 amide bonds. The fourth-order valence-corrected chi connectivity index (χ4v) is 5.70. The molecular formula is C23H27N5O3S. The molecule has 168 valence electrons. The summed E-state index contributed by atoms with van der Waals surface area (Å²) in [5.41, 5.74) is 0.905. The van der Waals surface area contributed by atoms with Gasteiger partial charge in [-0.05, 0) is 29.8 Å². The molecule has 5 rings (SSSR count). The van der Waals surface area contributed by atoms with Crippen molar-refractivity contribution in [1.29, 1.82) is 0 Å². The van der Waals surface area contributed by atoms with E-state index in [1.807, 2.05) is 43.3 Å². The highest BCUT2D eigenvalue weighted by molar-refractivity contribution is 7.89. The molecule has 9 heteroatoms. The molecule has 0 spiro atoms. The molecule has 0 bridgehead atoms. The van der Waals surface area contributed by atoms with Crippen molar-refractivity contribution < 1.29 is 13.2 Å². The quantitative estimate of drug-likeness (QED) is 0.600. The van der Waals surface area contributed by atoms with Gasteiger partial charge in [-0.2, -0.15) is 9.29 Å². The SMILES string of the molecule is Cc1cc(N2CCOCC2)nc(N2CCN(S(=O)(=O)c3ccc4ccccc4c3)CC2)n1. The van der Waals surface area contributed by atoms with Crippen molar-refractivity contribution in [3.63, 3.8) is 0 Å². The third-order valence-corrected chi connectivity index (χ3v) is 7.94. The maximum Gasteiger partial charge on any atom is 0.243 e. The van der Waals surface area contributed by atoms with Crippen LogP contribution in [0.5, 0.6) is 0 Å². The molecule has 0 aliphatic carbocycles. The van der Waals surface area contributed by atoms with Gasteiger partial charge in [0.2, 0.25) is 16.0 Å². The molecule has 1 aromatic heterocycles. The van der Waals surface area contributed by atoms with Crippen LogP contribution in [-0.4, -0.2) is 75.2 Å². The Kier molecular flexibility index (Phi) is 5.71. The summed E-state index contributed by atoms with van der Waals surface area (Å²) >= 11 is 0. The normalized spacial score (nSPS) is 18.3. The molecule has 2 saturated heterocycles. The van der Waals surface area contributed by atoms with Gasteiger partial charge in [0.05, 0.1) is 18.1 Å². The average molecular weight is 454 g/mol. The van der Waals surface area contributed by atoms with E-state index in [1.54, 1.807) is 16.4 Å². The molecule has 3 heterocycles. The van der Waals surface area contributed by atoms with Crippen LogP contribution in [0.15, 0.2) is 53.4 Å². The lowest BCUT2D eigenvalue weighted by molar-refractivity contribution is 0.122. The molecular weight excluding hydrogens is 426 g/mol. The third-order valence-electron chi connectivity index (χ3n) is 6.04. The Morgan fingerprint density at radius 1 is 0.812 bits per heavy atom. The zero-order chi connectivity index (χ0) is 22.1. The van der Waals surface area contributed by atoms with Crippen LogP contribution in [0.1, 0.15) is 5.69 Å². The minimum atomic E-state index is -3.55. The first-order chi connectivity index (χ1) is 15.5. The van der Waals surface area contributed by atoms with E-state index in [9.17, 15) is 8.42 Å². The maximum absolute atomic E-state index is 13.2. The molecule has 2 aliphatic heterocycles. The second kappa shape index (κ2) is 8.65. The Morgan fingerprint density at radius 3 is 2.28 bits per heavy atom. The van der Waals surface area contributed by atoms with Gasteiger partial charge in [0.15, 0.2) is 0 Å². The summed E-state index contributed by atoms with van der Waals surface area (Å²) in [6, 6.07) is 15.1. The van der Waals surface area contributed by atoms with Gasteiger partial charge in [0, 0.05) is 51.0 Å². The summed E-state index contributed by atoms with van der Waals surface area (Å²) in [7, 11) is -3.55. The predicted octanol–water partition coefficient (Wildman–Crippen LogP) is 2.29. The number of hydrogen-bond donors (Lipinski definition) is 0. The number of fused-ring (bicyclic) bond motifs is 1. The van der Waals surface area contributed by atoms with E-state index in [4.69, 9.17) is 9.72 Å². The monoisotopic (exact) mass is 453 g/mol. The van der Waals surface area contributed by atoms with Crippen LogP contribution in [0.2, 0.25) is 0 Å². The van der Waals surface area contributed by atoms with Crippen molar-refractivity contribution in [3.8, 4) is 0 Å². The molecule has 0 atom stereocenters. The smallest absolute Gasteiger partial charge is 0.243 e. The number of benzene rings is 2. The van der Waals surface area contributed by atoms with Crippen LogP contribution in [0.25, 0.3) is 10.8 Å². The lowest BCUT2D eigenvalue weighted by Crippen LogP contribution is -2.49. The van der Waals surface area contributed by atoms with Gasteiger partial charge in [0.25, 0.3) is 0 Å². The summed E-state index contributed by atoms with van der Waals surface area (Å²) < 4.78 is 33.5. The van der Waals surface area contributed by atoms with E-state index in [1.165, 1.54) is 0 Å². The second-order valence-electron chi connectivity index (χ2n) is 8.17. The summed E-state index contributed by atoms with van der Waals surface area (Å²) in [5, 5.41) is 1.96. The molecule has 0 unspecified atom stereocenters. The molecule has 2 aliphatic rings. The van der Waals surface area contributed by atoms with E-state index in [-0.39, 0.29) is 0 Å². The van der Waals surface area contributed by atoms with Gasteiger partial charge in [-0.1, -0.05) is 30.3 Å². The van der Waals surface area contributed by atoms with Gasteiger partial charge >= 0.3 is 0 Å². The van der Waals surface area contributed by atoms with Gasteiger partial charge in [-0.15, -0.1) is 0 Å². The Morgan fingerprint density at radius 2 is 1.53 bits per heavy atom. The topological polar surface area (TPSA) is 78.9 Å². The van der Waals surface area contributed by atoms with Crippen LogP contribution in [0.3, 0.4) is 0 Å². The van der Waals surface area contributed by atoms with E-state index in [0.29, 0.717) is 50.2 Å².